The van der Waals surface area contributed by atoms with E-state index in [9.17, 15) is 0 Å². The molecule has 3 rings (SSSR count). The highest BCUT2D eigenvalue weighted by atomic mass is 32.1. The minimum atomic E-state index is 0.145. The number of anilines is 2. The zero-order valence-electron chi connectivity index (χ0n) is 14.9. The Morgan fingerprint density at radius 2 is 1.92 bits per heavy atom. The summed E-state index contributed by atoms with van der Waals surface area (Å²) < 4.78 is 0. The molecular formula is C20H26N4S. The van der Waals surface area contributed by atoms with Crippen molar-refractivity contribution >= 4 is 28.7 Å². The maximum atomic E-state index is 5.39. The molecule has 1 atom stereocenters. The molecule has 4 nitrogen and oxygen atoms in total. The van der Waals surface area contributed by atoms with Crippen LogP contribution in [-0.2, 0) is 0 Å². The highest BCUT2D eigenvalue weighted by Crippen LogP contribution is 2.24. The molecule has 0 radical (unpaired) electrons. The molecule has 0 aliphatic carbocycles. The van der Waals surface area contributed by atoms with Crippen LogP contribution >= 0.6 is 12.2 Å². The third-order valence-corrected chi connectivity index (χ3v) is 5.03. The van der Waals surface area contributed by atoms with Crippen molar-refractivity contribution in [2.45, 2.75) is 32.7 Å². The van der Waals surface area contributed by atoms with E-state index in [1.807, 2.05) is 12.1 Å². The predicted molar refractivity (Wildman–Crippen MR) is 109 cm³/mol. The zero-order valence-corrected chi connectivity index (χ0v) is 15.7. The second kappa shape index (κ2) is 8.30. The summed E-state index contributed by atoms with van der Waals surface area (Å²) in [5, 5.41) is 7.09. The van der Waals surface area contributed by atoms with Gasteiger partial charge in [0.05, 0.1) is 17.9 Å². The van der Waals surface area contributed by atoms with Crippen LogP contribution in [0.4, 0.5) is 11.4 Å². The smallest absolute Gasteiger partial charge is 0.171 e. The average Bonchev–Trinajstić information content (AvgIpc) is 2.63. The number of hydrogen-bond acceptors (Lipinski definition) is 3. The number of thiocarbonyl (C=S) groups is 1. The van der Waals surface area contributed by atoms with Crippen molar-refractivity contribution in [2.75, 3.05) is 23.3 Å². The summed E-state index contributed by atoms with van der Waals surface area (Å²) in [6.07, 6.45) is 6.07. The first-order valence-corrected chi connectivity index (χ1v) is 9.35. The van der Waals surface area contributed by atoms with E-state index in [-0.39, 0.29) is 6.04 Å². The fourth-order valence-corrected chi connectivity index (χ4v) is 3.42. The second-order valence-electron chi connectivity index (χ2n) is 6.82. The van der Waals surface area contributed by atoms with Gasteiger partial charge in [-0.15, -0.1) is 0 Å². The van der Waals surface area contributed by atoms with Crippen molar-refractivity contribution in [3.63, 3.8) is 0 Å². The fourth-order valence-electron chi connectivity index (χ4n) is 3.12. The number of nitrogens with zero attached hydrogens (tertiary/aromatic N) is 2. The summed E-state index contributed by atoms with van der Waals surface area (Å²) in [4.78, 5) is 6.56. The lowest BCUT2D eigenvalue weighted by atomic mass is 9.98. The number of piperidine rings is 1. The lowest BCUT2D eigenvalue weighted by molar-refractivity contribution is 0.438. The molecule has 0 saturated carbocycles. The van der Waals surface area contributed by atoms with Gasteiger partial charge in [-0.3, -0.25) is 4.98 Å². The Labute approximate surface area is 155 Å². The standard InChI is InChI=1S/C20H26N4S/c1-15-9-12-24(13-10-15)19-7-5-17(6-8-19)16(2)22-20(25)23-18-4-3-11-21-14-18/h3-8,11,14-16H,9-10,12-13H2,1-2H3,(H2,22,23,25)/t16-/m1/s1. The Balaban J connectivity index is 1.55. The summed E-state index contributed by atoms with van der Waals surface area (Å²) in [6.45, 7) is 6.78. The van der Waals surface area contributed by atoms with Gasteiger partial charge in [0.25, 0.3) is 0 Å². The molecule has 0 unspecified atom stereocenters. The first kappa shape index (κ1) is 17.7. The van der Waals surface area contributed by atoms with Crippen LogP contribution < -0.4 is 15.5 Å². The zero-order chi connectivity index (χ0) is 17.6. The number of aromatic nitrogens is 1. The van der Waals surface area contributed by atoms with Gasteiger partial charge in [-0.1, -0.05) is 19.1 Å². The van der Waals surface area contributed by atoms with Gasteiger partial charge in [0.15, 0.2) is 5.11 Å². The van der Waals surface area contributed by atoms with Crippen LogP contribution in [0.2, 0.25) is 0 Å². The van der Waals surface area contributed by atoms with Gasteiger partial charge in [0, 0.05) is 25.0 Å². The van der Waals surface area contributed by atoms with Crippen molar-refractivity contribution in [2.24, 2.45) is 5.92 Å². The van der Waals surface area contributed by atoms with Crippen LogP contribution in [0.25, 0.3) is 0 Å². The van der Waals surface area contributed by atoms with E-state index in [2.05, 4.69) is 58.6 Å². The van der Waals surface area contributed by atoms with Crippen LogP contribution in [-0.4, -0.2) is 23.2 Å². The normalized spacial score (nSPS) is 16.3. The molecule has 2 aromatic rings. The van der Waals surface area contributed by atoms with Gasteiger partial charge >= 0.3 is 0 Å². The molecule has 2 N–H and O–H groups in total. The molecule has 1 aromatic carbocycles. The van der Waals surface area contributed by atoms with Gasteiger partial charge in [-0.05, 0) is 67.7 Å². The predicted octanol–water partition coefficient (Wildman–Crippen LogP) is 4.37. The fraction of sp³-hybridized carbons (Fsp3) is 0.400. The van der Waals surface area contributed by atoms with Crippen LogP contribution in [0.15, 0.2) is 48.8 Å². The summed E-state index contributed by atoms with van der Waals surface area (Å²) in [5.74, 6) is 0.855. The van der Waals surface area contributed by atoms with Crippen LogP contribution in [0, 0.1) is 5.92 Å². The summed E-state index contributed by atoms with van der Waals surface area (Å²) in [6, 6.07) is 12.8. The van der Waals surface area contributed by atoms with Crippen molar-refractivity contribution in [1.29, 1.82) is 0 Å². The van der Waals surface area contributed by atoms with E-state index < -0.39 is 0 Å². The van der Waals surface area contributed by atoms with E-state index >= 15 is 0 Å². The van der Waals surface area contributed by atoms with Crippen LogP contribution in [0.3, 0.4) is 0 Å². The monoisotopic (exact) mass is 354 g/mol. The Hall–Kier alpha value is -2.14. The molecule has 0 spiro atoms. The minimum absolute atomic E-state index is 0.145. The van der Waals surface area contributed by atoms with Crippen LogP contribution in [0.1, 0.15) is 38.3 Å². The van der Waals surface area contributed by atoms with Gasteiger partial charge in [0.1, 0.15) is 0 Å². The van der Waals surface area contributed by atoms with E-state index in [4.69, 9.17) is 12.2 Å². The number of rotatable bonds is 4. The molecule has 2 heterocycles. The van der Waals surface area contributed by atoms with Crippen molar-refractivity contribution in [3.05, 3.63) is 54.4 Å². The van der Waals surface area contributed by atoms with Crippen molar-refractivity contribution < 1.29 is 0 Å². The molecule has 1 aromatic heterocycles. The Morgan fingerprint density at radius 3 is 2.56 bits per heavy atom. The molecule has 5 heteroatoms. The number of pyridine rings is 1. The van der Waals surface area contributed by atoms with Gasteiger partial charge in [0.2, 0.25) is 0 Å². The SMILES string of the molecule is CC1CCN(c2ccc([C@@H](C)NC(=S)Nc3cccnc3)cc2)CC1. The quantitative estimate of drug-likeness (QED) is 0.798. The topological polar surface area (TPSA) is 40.2 Å². The highest BCUT2D eigenvalue weighted by molar-refractivity contribution is 7.80. The Kier molecular flexibility index (Phi) is 5.87. The van der Waals surface area contributed by atoms with Gasteiger partial charge in [-0.25, -0.2) is 0 Å². The first-order valence-electron chi connectivity index (χ1n) is 8.94. The molecule has 132 valence electrons. The summed E-state index contributed by atoms with van der Waals surface area (Å²) in [5.41, 5.74) is 3.44. The number of benzene rings is 1. The van der Waals surface area contributed by atoms with E-state index in [1.54, 1.807) is 12.4 Å². The molecule has 1 fully saturated rings. The molecule has 1 saturated heterocycles. The average molecular weight is 355 g/mol. The summed E-state index contributed by atoms with van der Waals surface area (Å²) in [7, 11) is 0. The summed E-state index contributed by atoms with van der Waals surface area (Å²) >= 11 is 5.39. The maximum absolute atomic E-state index is 5.39. The molecule has 0 bridgehead atoms. The first-order chi connectivity index (χ1) is 12.1. The maximum Gasteiger partial charge on any atom is 0.171 e. The third-order valence-electron chi connectivity index (χ3n) is 4.81. The highest BCUT2D eigenvalue weighted by Gasteiger charge is 2.16. The Morgan fingerprint density at radius 1 is 1.20 bits per heavy atom. The molecule has 1 aliphatic rings. The molecular weight excluding hydrogens is 328 g/mol. The van der Waals surface area contributed by atoms with Crippen LogP contribution in [0.5, 0.6) is 0 Å². The number of hydrogen-bond donors (Lipinski definition) is 2. The third kappa shape index (κ3) is 4.92. The van der Waals surface area contributed by atoms with E-state index in [1.165, 1.54) is 24.1 Å². The second-order valence-corrected chi connectivity index (χ2v) is 7.23. The number of nitrogens with one attached hydrogen (secondary N) is 2. The van der Waals surface area contributed by atoms with Gasteiger partial charge in [-0.2, -0.15) is 0 Å². The largest absolute Gasteiger partial charge is 0.372 e. The lowest BCUT2D eigenvalue weighted by Crippen LogP contribution is -2.33. The van der Waals surface area contributed by atoms with Gasteiger partial charge < -0.3 is 15.5 Å². The van der Waals surface area contributed by atoms with Crippen molar-refractivity contribution in [3.8, 4) is 0 Å². The Bertz CT molecular complexity index is 679. The minimum Gasteiger partial charge on any atom is -0.372 e. The van der Waals surface area contributed by atoms with Crippen molar-refractivity contribution in [1.82, 2.24) is 10.3 Å². The molecule has 1 aliphatic heterocycles. The van der Waals surface area contributed by atoms with E-state index in [0.717, 1.165) is 24.7 Å². The lowest BCUT2D eigenvalue weighted by Gasteiger charge is -2.32. The molecule has 0 amide bonds. The molecule has 25 heavy (non-hydrogen) atoms. The van der Waals surface area contributed by atoms with E-state index in [0.29, 0.717) is 5.11 Å².